The summed E-state index contributed by atoms with van der Waals surface area (Å²) in [5.41, 5.74) is 21.8. The van der Waals surface area contributed by atoms with E-state index < -0.39 is 29.7 Å². The molecular formula is C10H22N4O2. The van der Waals surface area contributed by atoms with Gasteiger partial charge in [-0.2, -0.15) is 0 Å². The number of hydrogen-bond acceptors (Lipinski definition) is 6. The highest BCUT2D eigenvalue weighted by atomic mass is 16.2. The van der Waals surface area contributed by atoms with Gasteiger partial charge in [0, 0.05) is 0 Å². The van der Waals surface area contributed by atoms with Gasteiger partial charge in [0.15, 0.2) is 11.6 Å². The van der Waals surface area contributed by atoms with Crippen LogP contribution in [0.4, 0.5) is 0 Å². The maximum Gasteiger partial charge on any atom is 0.173 e. The number of Topliss-reactive ketones (excluding diaryl/α,β-unsaturated/α-hetero) is 2. The van der Waals surface area contributed by atoms with Gasteiger partial charge in [0.05, 0.1) is 12.1 Å². The third kappa shape index (κ3) is 4.80. The van der Waals surface area contributed by atoms with Crippen LogP contribution in [-0.4, -0.2) is 36.2 Å². The normalized spacial score (nSPS) is 16.6. The summed E-state index contributed by atoms with van der Waals surface area (Å²) in [7, 11) is 0. The number of hydrogen-bond donors (Lipinski definition) is 4. The molecule has 0 aliphatic heterocycles. The first-order chi connectivity index (χ1) is 7.41. The van der Waals surface area contributed by atoms with Crippen LogP contribution in [0.5, 0.6) is 0 Å². The lowest BCUT2D eigenvalue weighted by atomic mass is 9.96. The summed E-state index contributed by atoms with van der Waals surface area (Å²) < 4.78 is 0. The maximum atomic E-state index is 11.6. The molecular weight excluding hydrogens is 208 g/mol. The second-order valence-electron chi connectivity index (χ2n) is 3.96. The SMILES string of the molecule is C[C@H](N)C(=O)C(N)C(=O)[C@@H](N)CCCCN. The number of carbonyl (C=O) groups is 2. The molecule has 0 aliphatic carbocycles. The number of carbonyl (C=O) groups excluding carboxylic acids is 2. The molecule has 3 atom stereocenters. The van der Waals surface area contributed by atoms with E-state index in [4.69, 9.17) is 22.9 Å². The van der Waals surface area contributed by atoms with Crippen molar-refractivity contribution in [2.75, 3.05) is 6.54 Å². The Balaban J connectivity index is 4.16. The van der Waals surface area contributed by atoms with E-state index in [2.05, 4.69) is 0 Å². The van der Waals surface area contributed by atoms with Gasteiger partial charge in [0.25, 0.3) is 0 Å². The van der Waals surface area contributed by atoms with Crippen LogP contribution in [0, 0.1) is 0 Å². The fourth-order valence-electron chi connectivity index (χ4n) is 1.30. The predicted octanol–water partition coefficient (Wildman–Crippen LogP) is -1.74. The van der Waals surface area contributed by atoms with Crippen LogP contribution in [0.2, 0.25) is 0 Å². The quantitative estimate of drug-likeness (QED) is 0.288. The Hall–Kier alpha value is -0.820. The Bertz CT molecular complexity index is 243. The molecule has 8 N–H and O–H groups in total. The lowest BCUT2D eigenvalue weighted by Crippen LogP contribution is -2.52. The van der Waals surface area contributed by atoms with Gasteiger partial charge < -0.3 is 22.9 Å². The molecule has 0 aromatic carbocycles. The van der Waals surface area contributed by atoms with E-state index in [0.29, 0.717) is 13.0 Å². The summed E-state index contributed by atoms with van der Waals surface area (Å²) in [6.07, 6.45) is 2.05. The van der Waals surface area contributed by atoms with E-state index in [-0.39, 0.29) is 0 Å². The summed E-state index contributed by atoms with van der Waals surface area (Å²) in [6.45, 7) is 2.06. The molecule has 0 rings (SSSR count). The molecule has 0 heterocycles. The van der Waals surface area contributed by atoms with E-state index in [9.17, 15) is 9.59 Å². The van der Waals surface area contributed by atoms with E-state index in [1.54, 1.807) is 0 Å². The number of unbranched alkanes of at least 4 members (excludes halogenated alkanes) is 1. The molecule has 6 heteroatoms. The van der Waals surface area contributed by atoms with Crippen molar-refractivity contribution in [3.63, 3.8) is 0 Å². The van der Waals surface area contributed by atoms with Gasteiger partial charge in [0.1, 0.15) is 6.04 Å². The monoisotopic (exact) mass is 230 g/mol. The molecule has 6 nitrogen and oxygen atoms in total. The summed E-state index contributed by atoms with van der Waals surface area (Å²) >= 11 is 0. The topological polar surface area (TPSA) is 138 Å². The molecule has 0 spiro atoms. The summed E-state index contributed by atoms with van der Waals surface area (Å²) in [5, 5.41) is 0. The van der Waals surface area contributed by atoms with Crippen LogP contribution >= 0.6 is 0 Å². The Morgan fingerprint density at radius 1 is 1.06 bits per heavy atom. The van der Waals surface area contributed by atoms with Crippen LogP contribution in [0.15, 0.2) is 0 Å². The Morgan fingerprint density at radius 3 is 2.06 bits per heavy atom. The fourth-order valence-corrected chi connectivity index (χ4v) is 1.30. The Morgan fingerprint density at radius 2 is 1.62 bits per heavy atom. The zero-order valence-electron chi connectivity index (χ0n) is 9.69. The van der Waals surface area contributed by atoms with Gasteiger partial charge in [-0.3, -0.25) is 9.59 Å². The van der Waals surface area contributed by atoms with Crippen molar-refractivity contribution in [2.45, 2.75) is 44.3 Å². The molecule has 0 radical (unpaired) electrons. The predicted molar refractivity (Wildman–Crippen MR) is 62.5 cm³/mol. The van der Waals surface area contributed by atoms with Crippen molar-refractivity contribution in [2.24, 2.45) is 22.9 Å². The van der Waals surface area contributed by atoms with Crippen molar-refractivity contribution >= 4 is 11.6 Å². The Kier molecular flexibility index (Phi) is 7.07. The second kappa shape index (κ2) is 7.45. The number of rotatable bonds is 8. The number of nitrogens with two attached hydrogens (primary N) is 4. The lowest BCUT2D eigenvalue weighted by molar-refractivity contribution is -0.130. The van der Waals surface area contributed by atoms with Crippen LogP contribution < -0.4 is 22.9 Å². The highest BCUT2D eigenvalue weighted by molar-refractivity contribution is 6.09. The summed E-state index contributed by atoms with van der Waals surface area (Å²) in [6, 6.07) is -2.65. The summed E-state index contributed by atoms with van der Waals surface area (Å²) in [4.78, 5) is 23.0. The minimum atomic E-state index is -1.20. The Labute approximate surface area is 95.7 Å². The number of ketones is 2. The minimum absolute atomic E-state index is 0.445. The third-order valence-corrected chi connectivity index (χ3v) is 2.40. The molecule has 0 fully saturated rings. The van der Waals surface area contributed by atoms with Crippen molar-refractivity contribution in [3.05, 3.63) is 0 Å². The first-order valence-corrected chi connectivity index (χ1v) is 5.46. The standard InChI is InChI=1S/C10H22N4O2/c1-6(12)9(15)8(14)10(16)7(13)4-2-3-5-11/h6-8H,2-5,11-14H2,1H3/t6-,7-,8?/m0/s1. The molecule has 1 unspecified atom stereocenters. The largest absolute Gasteiger partial charge is 0.330 e. The van der Waals surface area contributed by atoms with Crippen LogP contribution in [0.3, 0.4) is 0 Å². The van der Waals surface area contributed by atoms with Gasteiger partial charge in [0.2, 0.25) is 0 Å². The van der Waals surface area contributed by atoms with E-state index >= 15 is 0 Å². The van der Waals surface area contributed by atoms with Gasteiger partial charge >= 0.3 is 0 Å². The third-order valence-electron chi connectivity index (χ3n) is 2.40. The fraction of sp³-hybridized carbons (Fsp3) is 0.800. The average molecular weight is 230 g/mol. The first kappa shape index (κ1) is 15.2. The summed E-state index contributed by atoms with van der Waals surface area (Å²) in [5.74, 6) is -0.918. The van der Waals surface area contributed by atoms with E-state index in [0.717, 1.165) is 12.8 Å². The second-order valence-corrected chi connectivity index (χ2v) is 3.96. The molecule has 0 aromatic rings. The highest BCUT2D eigenvalue weighted by Crippen LogP contribution is 2.02. The lowest BCUT2D eigenvalue weighted by Gasteiger charge is -2.16. The molecule has 94 valence electrons. The smallest absolute Gasteiger partial charge is 0.173 e. The van der Waals surface area contributed by atoms with Crippen LogP contribution in [-0.2, 0) is 9.59 Å². The van der Waals surface area contributed by atoms with Gasteiger partial charge in [-0.1, -0.05) is 6.42 Å². The van der Waals surface area contributed by atoms with Gasteiger partial charge in [-0.25, -0.2) is 0 Å². The molecule has 16 heavy (non-hydrogen) atoms. The van der Waals surface area contributed by atoms with Crippen molar-refractivity contribution in [3.8, 4) is 0 Å². The van der Waals surface area contributed by atoms with Crippen molar-refractivity contribution in [1.29, 1.82) is 0 Å². The van der Waals surface area contributed by atoms with Crippen molar-refractivity contribution < 1.29 is 9.59 Å². The maximum absolute atomic E-state index is 11.6. The molecule has 0 aliphatic rings. The zero-order valence-corrected chi connectivity index (χ0v) is 9.69. The van der Waals surface area contributed by atoms with Gasteiger partial charge in [-0.05, 0) is 26.3 Å². The highest BCUT2D eigenvalue weighted by Gasteiger charge is 2.28. The average Bonchev–Trinajstić information content (AvgIpc) is 2.26. The van der Waals surface area contributed by atoms with Crippen LogP contribution in [0.1, 0.15) is 26.2 Å². The van der Waals surface area contributed by atoms with E-state index in [1.807, 2.05) is 0 Å². The van der Waals surface area contributed by atoms with Crippen molar-refractivity contribution in [1.82, 2.24) is 0 Å². The minimum Gasteiger partial charge on any atom is -0.330 e. The molecule has 0 amide bonds. The molecule has 0 saturated carbocycles. The van der Waals surface area contributed by atoms with Gasteiger partial charge in [-0.15, -0.1) is 0 Å². The van der Waals surface area contributed by atoms with E-state index in [1.165, 1.54) is 6.92 Å². The zero-order chi connectivity index (χ0) is 12.7. The molecule has 0 bridgehead atoms. The molecule has 0 saturated heterocycles. The first-order valence-electron chi connectivity index (χ1n) is 5.46. The van der Waals surface area contributed by atoms with Crippen LogP contribution in [0.25, 0.3) is 0 Å². The molecule has 0 aromatic heterocycles.